The maximum absolute atomic E-state index is 12.9. The molecule has 1 aliphatic carbocycles. The zero-order chi connectivity index (χ0) is 19.6. The van der Waals surface area contributed by atoms with Crippen molar-refractivity contribution in [3.05, 3.63) is 84.6 Å². The summed E-state index contributed by atoms with van der Waals surface area (Å²) in [4.78, 5) is 16.8. The predicted octanol–water partition coefficient (Wildman–Crippen LogP) is 3.66. The molecule has 1 aliphatic rings. The predicted molar refractivity (Wildman–Crippen MR) is 109 cm³/mol. The second kappa shape index (κ2) is 7.35. The maximum Gasteiger partial charge on any atom is 0.256 e. The van der Waals surface area contributed by atoms with Crippen LogP contribution in [0.1, 0.15) is 28.9 Å². The Morgan fingerprint density at radius 3 is 2.52 bits per heavy atom. The molecule has 2 aromatic carbocycles. The molecule has 0 spiro atoms. The van der Waals surface area contributed by atoms with Crippen molar-refractivity contribution in [3.8, 4) is 11.4 Å². The molecule has 1 saturated carbocycles. The van der Waals surface area contributed by atoms with E-state index in [-0.39, 0.29) is 5.91 Å². The van der Waals surface area contributed by atoms with Gasteiger partial charge in [-0.25, -0.2) is 14.3 Å². The zero-order valence-corrected chi connectivity index (χ0v) is 15.8. The number of carbonyl (C=O) groups is 1. The third kappa shape index (κ3) is 3.80. The van der Waals surface area contributed by atoms with Crippen LogP contribution in [0.25, 0.3) is 11.4 Å². The summed E-state index contributed by atoms with van der Waals surface area (Å²) in [5.74, 6) is 1.23. The van der Waals surface area contributed by atoms with Crippen molar-refractivity contribution in [1.82, 2.24) is 24.5 Å². The molecule has 0 unspecified atom stereocenters. The first-order chi connectivity index (χ1) is 14.3. The quantitative estimate of drug-likeness (QED) is 0.550. The van der Waals surface area contributed by atoms with Gasteiger partial charge in [0.2, 0.25) is 0 Å². The van der Waals surface area contributed by atoms with Crippen LogP contribution in [0.4, 0.5) is 5.82 Å². The van der Waals surface area contributed by atoms with Crippen LogP contribution in [0.5, 0.6) is 0 Å². The van der Waals surface area contributed by atoms with Gasteiger partial charge in [-0.3, -0.25) is 4.79 Å². The van der Waals surface area contributed by atoms with Gasteiger partial charge in [-0.05, 0) is 61.6 Å². The number of nitrogens with one attached hydrogen (secondary N) is 1. The summed E-state index contributed by atoms with van der Waals surface area (Å²) < 4.78 is 3.45. The fourth-order valence-corrected chi connectivity index (χ4v) is 3.30. The Balaban J connectivity index is 1.40. The van der Waals surface area contributed by atoms with Crippen LogP contribution in [-0.4, -0.2) is 30.5 Å². The molecule has 2 heterocycles. The summed E-state index contributed by atoms with van der Waals surface area (Å²) in [5.41, 5.74) is 3.35. The van der Waals surface area contributed by atoms with Gasteiger partial charge >= 0.3 is 0 Å². The molecule has 2 aromatic heterocycles. The summed E-state index contributed by atoms with van der Waals surface area (Å²) in [6.07, 6.45) is 6.57. The number of benzene rings is 2. The first-order valence-corrected chi connectivity index (χ1v) is 9.67. The molecule has 29 heavy (non-hydrogen) atoms. The number of aromatic nitrogens is 5. The Labute approximate surface area is 168 Å². The second-order valence-electron chi connectivity index (χ2n) is 7.26. The highest BCUT2D eigenvalue weighted by Gasteiger charge is 2.24. The van der Waals surface area contributed by atoms with Crippen LogP contribution in [-0.2, 0) is 6.42 Å². The van der Waals surface area contributed by atoms with Gasteiger partial charge in [-0.15, -0.1) is 0 Å². The highest BCUT2D eigenvalue weighted by atomic mass is 16.1. The van der Waals surface area contributed by atoms with Crippen LogP contribution in [0.15, 0.2) is 73.3 Å². The lowest BCUT2D eigenvalue weighted by Crippen LogP contribution is -2.15. The van der Waals surface area contributed by atoms with Crippen molar-refractivity contribution in [1.29, 1.82) is 0 Å². The second-order valence-corrected chi connectivity index (χ2v) is 7.26. The number of anilines is 1. The number of amides is 1. The largest absolute Gasteiger partial charge is 0.306 e. The molecule has 0 atom stereocenters. The Hall–Kier alpha value is -3.74. The van der Waals surface area contributed by atoms with E-state index >= 15 is 0 Å². The van der Waals surface area contributed by atoms with Crippen LogP contribution in [0.2, 0.25) is 0 Å². The molecule has 1 amide bonds. The highest BCUT2D eigenvalue weighted by Crippen LogP contribution is 2.33. The Kier molecular flexibility index (Phi) is 4.40. The minimum Gasteiger partial charge on any atom is -0.306 e. The first-order valence-electron chi connectivity index (χ1n) is 9.67. The number of para-hydroxylation sites is 1. The third-order valence-corrected chi connectivity index (χ3v) is 5.01. The van der Waals surface area contributed by atoms with Gasteiger partial charge < -0.3 is 5.32 Å². The zero-order valence-electron chi connectivity index (χ0n) is 15.8. The maximum atomic E-state index is 12.9. The van der Waals surface area contributed by atoms with E-state index in [9.17, 15) is 4.79 Å². The Morgan fingerprint density at radius 2 is 1.83 bits per heavy atom. The fraction of sp³-hybridized carbons (Fsp3) is 0.182. The van der Waals surface area contributed by atoms with Crippen LogP contribution in [0, 0.1) is 5.92 Å². The number of hydrogen-bond donors (Lipinski definition) is 1. The molecule has 1 fully saturated rings. The van der Waals surface area contributed by atoms with Crippen molar-refractivity contribution >= 4 is 11.7 Å². The van der Waals surface area contributed by atoms with Gasteiger partial charge in [0.25, 0.3) is 5.91 Å². The van der Waals surface area contributed by atoms with Crippen molar-refractivity contribution in [2.45, 2.75) is 19.3 Å². The average molecular weight is 384 g/mol. The lowest BCUT2D eigenvalue weighted by molar-refractivity contribution is 0.102. The molecule has 0 bridgehead atoms. The fourth-order valence-electron chi connectivity index (χ4n) is 3.30. The summed E-state index contributed by atoms with van der Waals surface area (Å²) >= 11 is 0. The summed E-state index contributed by atoms with van der Waals surface area (Å²) in [7, 11) is 0. The minimum absolute atomic E-state index is 0.176. The van der Waals surface area contributed by atoms with E-state index in [1.807, 2.05) is 48.5 Å². The average Bonchev–Trinajstić information content (AvgIpc) is 3.24. The molecular weight excluding hydrogens is 364 g/mol. The molecule has 144 valence electrons. The Bertz CT molecular complexity index is 1110. The SMILES string of the molecule is O=C(Nc1cc(CC2CC2)nn1-c1ccccc1)c1ccc(-n2cncn2)cc1. The van der Waals surface area contributed by atoms with E-state index in [1.165, 1.54) is 19.2 Å². The van der Waals surface area contributed by atoms with Crippen molar-refractivity contribution in [2.75, 3.05) is 5.32 Å². The van der Waals surface area contributed by atoms with E-state index in [0.717, 1.165) is 29.4 Å². The van der Waals surface area contributed by atoms with Crippen molar-refractivity contribution in [2.24, 2.45) is 5.92 Å². The van der Waals surface area contributed by atoms with E-state index in [0.29, 0.717) is 11.4 Å². The molecule has 0 saturated heterocycles. The van der Waals surface area contributed by atoms with Gasteiger partial charge in [-0.1, -0.05) is 18.2 Å². The standard InChI is InChI=1S/C22H20N6O/c29-22(17-8-10-19(11-9-17)27-15-23-14-24-27)25-21-13-18(12-16-6-7-16)26-28(21)20-4-2-1-3-5-20/h1-5,8-11,13-16H,6-7,12H2,(H,25,29). The lowest BCUT2D eigenvalue weighted by atomic mass is 10.2. The molecule has 7 nitrogen and oxygen atoms in total. The monoisotopic (exact) mass is 384 g/mol. The normalized spacial score (nSPS) is 13.4. The lowest BCUT2D eigenvalue weighted by Gasteiger charge is -2.09. The Morgan fingerprint density at radius 1 is 1.03 bits per heavy atom. The number of hydrogen-bond acceptors (Lipinski definition) is 4. The van der Waals surface area contributed by atoms with Crippen LogP contribution in [0.3, 0.4) is 0 Å². The van der Waals surface area contributed by atoms with Crippen LogP contribution >= 0.6 is 0 Å². The number of rotatable bonds is 6. The summed E-state index contributed by atoms with van der Waals surface area (Å²) in [6, 6.07) is 19.1. The van der Waals surface area contributed by atoms with Gasteiger partial charge in [0.1, 0.15) is 18.5 Å². The van der Waals surface area contributed by atoms with Gasteiger partial charge in [0, 0.05) is 11.6 Å². The third-order valence-electron chi connectivity index (χ3n) is 5.01. The van der Waals surface area contributed by atoms with E-state index in [2.05, 4.69) is 15.4 Å². The molecule has 0 aliphatic heterocycles. The van der Waals surface area contributed by atoms with Crippen molar-refractivity contribution in [3.63, 3.8) is 0 Å². The summed E-state index contributed by atoms with van der Waals surface area (Å²) in [5, 5.41) is 11.9. The van der Waals surface area contributed by atoms with E-state index in [4.69, 9.17) is 5.10 Å². The smallest absolute Gasteiger partial charge is 0.256 e. The van der Waals surface area contributed by atoms with Crippen LogP contribution < -0.4 is 5.32 Å². The number of nitrogens with zero attached hydrogens (tertiary/aromatic N) is 5. The first kappa shape index (κ1) is 17.4. The topological polar surface area (TPSA) is 77.6 Å². The van der Waals surface area contributed by atoms with Gasteiger partial charge in [-0.2, -0.15) is 10.2 Å². The number of carbonyl (C=O) groups excluding carboxylic acids is 1. The van der Waals surface area contributed by atoms with Gasteiger partial charge in [0.15, 0.2) is 0 Å². The molecule has 1 N–H and O–H groups in total. The molecule has 4 aromatic rings. The molecular formula is C22H20N6O. The van der Waals surface area contributed by atoms with Crippen molar-refractivity contribution < 1.29 is 4.79 Å². The van der Waals surface area contributed by atoms with E-state index < -0.39 is 0 Å². The minimum atomic E-state index is -0.176. The molecule has 7 heteroatoms. The molecule has 0 radical (unpaired) electrons. The molecule has 5 rings (SSSR count). The summed E-state index contributed by atoms with van der Waals surface area (Å²) in [6.45, 7) is 0. The highest BCUT2D eigenvalue weighted by molar-refractivity contribution is 6.04. The van der Waals surface area contributed by atoms with E-state index in [1.54, 1.807) is 27.8 Å². The van der Waals surface area contributed by atoms with Gasteiger partial charge in [0.05, 0.1) is 17.1 Å².